The van der Waals surface area contributed by atoms with Crippen LogP contribution in [0, 0.1) is 0 Å². The maximum Gasteiger partial charge on any atom is 0.319 e. The first-order valence-corrected chi connectivity index (χ1v) is 5.99. The summed E-state index contributed by atoms with van der Waals surface area (Å²) in [6.07, 6.45) is 1.53. The van der Waals surface area contributed by atoms with Gasteiger partial charge in [0, 0.05) is 5.25 Å². The lowest BCUT2D eigenvalue weighted by molar-refractivity contribution is 0.502. The Kier molecular flexibility index (Phi) is 4.31. The Morgan fingerprint density at radius 3 is 1.90 bits per heavy atom. The lowest BCUT2D eigenvalue weighted by atomic mass is 10.3. The van der Waals surface area contributed by atoms with E-state index in [1.165, 1.54) is 0 Å². The summed E-state index contributed by atoms with van der Waals surface area (Å²) in [5.41, 5.74) is 0. The fraction of sp³-hybridized carbons (Fsp3) is 1.00. The van der Waals surface area contributed by atoms with Gasteiger partial charge in [-0.2, -0.15) is 8.42 Å². The summed E-state index contributed by atoms with van der Waals surface area (Å²) in [4.78, 5) is 0. The normalized spacial score (nSPS) is 12.4. The highest BCUT2D eigenvalue weighted by Gasteiger charge is 2.13. The van der Waals surface area contributed by atoms with E-state index in [1.54, 1.807) is 0 Å². The molecule has 5 heteroatoms. The third kappa shape index (κ3) is 5.08. The molecule has 0 saturated carbocycles. The van der Waals surface area contributed by atoms with Crippen LogP contribution in [0.4, 0.5) is 0 Å². The molecule has 1 N–H and O–H groups in total. The first-order valence-electron chi connectivity index (χ1n) is 3.15. The summed E-state index contributed by atoms with van der Waals surface area (Å²) in [6.45, 7) is 3.79. The van der Waals surface area contributed by atoms with Crippen LogP contribution in [0.15, 0.2) is 0 Å². The zero-order chi connectivity index (χ0) is 8.20. The lowest BCUT2D eigenvalue weighted by Gasteiger charge is -2.06. The Labute approximate surface area is 65.4 Å². The zero-order valence-corrected chi connectivity index (χ0v) is 7.70. The van der Waals surface area contributed by atoms with Crippen LogP contribution in [-0.4, -0.2) is 18.2 Å². The first-order chi connectivity index (χ1) is 4.49. The Morgan fingerprint density at radius 2 is 1.80 bits per heavy atom. The Hall–Kier alpha value is 0.260. The van der Waals surface area contributed by atoms with Crippen LogP contribution in [0.5, 0.6) is 0 Å². The van der Waals surface area contributed by atoms with E-state index in [4.69, 9.17) is 4.55 Å². The van der Waals surface area contributed by atoms with Gasteiger partial charge in [0.15, 0.2) is 0 Å². The van der Waals surface area contributed by atoms with Gasteiger partial charge < -0.3 is 0 Å². The molecule has 0 rings (SSSR count). The van der Waals surface area contributed by atoms with Crippen molar-refractivity contribution < 1.29 is 13.0 Å². The summed E-state index contributed by atoms with van der Waals surface area (Å²) in [5.74, 6) is 0. The molecular formula is C5H12O3S2. The molecule has 0 aliphatic heterocycles. The lowest BCUT2D eigenvalue weighted by Crippen LogP contribution is -2.03. The molecule has 0 aliphatic carbocycles. The van der Waals surface area contributed by atoms with Crippen LogP contribution in [0.1, 0.15) is 26.7 Å². The largest absolute Gasteiger partial charge is 0.319 e. The van der Waals surface area contributed by atoms with Crippen molar-refractivity contribution in [1.29, 1.82) is 0 Å². The first kappa shape index (κ1) is 10.3. The van der Waals surface area contributed by atoms with Crippen molar-refractivity contribution in [2.24, 2.45) is 0 Å². The predicted molar refractivity (Wildman–Crippen MR) is 43.5 cm³/mol. The van der Waals surface area contributed by atoms with Crippen LogP contribution in [0.2, 0.25) is 0 Å². The minimum atomic E-state index is -3.83. The second-order valence-corrected chi connectivity index (χ2v) is 5.52. The van der Waals surface area contributed by atoms with Crippen LogP contribution < -0.4 is 0 Å². The van der Waals surface area contributed by atoms with E-state index >= 15 is 0 Å². The average molecular weight is 184 g/mol. The molecule has 0 amide bonds. The molecule has 0 radical (unpaired) electrons. The second-order valence-electron chi connectivity index (χ2n) is 1.96. The Bertz CT molecular complexity index is 169. The molecule has 0 aromatic rings. The molecule has 0 aromatic heterocycles. The summed E-state index contributed by atoms with van der Waals surface area (Å²) in [7, 11) is -3.20. The quantitative estimate of drug-likeness (QED) is 0.534. The minimum absolute atomic E-state index is 0.0231. The van der Waals surface area contributed by atoms with Crippen molar-refractivity contribution in [3.63, 3.8) is 0 Å². The van der Waals surface area contributed by atoms with E-state index in [9.17, 15) is 8.42 Å². The molecule has 0 unspecified atom stereocenters. The van der Waals surface area contributed by atoms with Gasteiger partial charge >= 0.3 is 9.15 Å². The molecule has 0 saturated heterocycles. The van der Waals surface area contributed by atoms with E-state index in [-0.39, 0.29) is 5.25 Å². The van der Waals surface area contributed by atoms with Crippen molar-refractivity contribution in [2.75, 3.05) is 0 Å². The zero-order valence-electron chi connectivity index (χ0n) is 6.07. The smallest absolute Gasteiger partial charge is 0.277 e. The summed E-state index contributed by atoms with van der Waals surface area (Å²) in [5, 5.41) is 0.0231. The molecule has 0 atom stereocenters. The molecule has 10 heavy (non-hydrogen) atoms. The van der Waals surface area contributed by atoms with Crippen LogP contribution in [-0.2, 0) is 9.15 Å². The number of rotatable bonds is 4. The highest BCUT2D eigenvalue weighted by atomic mass is 33.1. The van der Waals surface area contributed by atoms with E-state index in [0.717, 1.165) is 12.8 Å². The van der Waals surface area contributed by atoms with E-state index in [1.807, 2.05) is 13.8 Å². The second kappa shape index (κ2) is 4.20. The van der Waals surface area contributed by atoms with Gasteiger partial charge in [-0.05, 0) is 23.6 Å². The average Bonchev–Trinajstić information content (AvgIpc) is 1.81. The van der Waals surface area contributed by atoms with E-state index in [0.29, 0.717) is 10.8 Å². The molecule has 0 bridgehead atoms. The number of hydrogen-bond donors (Lipinski definition) is 1. The molecule has 3 nitrogen and oxygen atoms in total. The van der Waals surface area contributed by atoms with Gasteiger partial charge in [-0.15, -0.1) is 0 Å². The Balaban J connectivity index is 3.87. The molecule has 0 spiro atoms. The molecule has 62 valence electrons. The molecular weight excluding hydrogens is 172 g/mol. The Morgan fingerprint density at radius 1 is 1.40 bits per heavy atom. The van der Waals surface area contributed by atoms with Gasteiger partial charge in [-0.25, -0.2) is 0 Å². The molecule has 0 heterocycles. The van der Waals surface area contributed by atoms with Gasteiger partial charge in [0.05, 0.1) is 0 Å². The van der Waals surface area contributed by atoms with Gasteiger partial charge in [0.25, 0.3) is 0 Å². The minimum Gasteiger partial charge on any atom is -0.277 e. The third-order valence-electron chi connectivity index (χ3n) is 1.17. The summed E-state index contributed by atoms with van der Waals surface area (Å²) < 4.78 is 28.9. The third-order valence-corrected chi connectivity index (χ3v) is 3.90. The number of hydrogen-bond acceptors (Lipinski definition) is 3. The van der Waals surface area contributed by atoms with Crippen molar-refractivity contribution >= 4 is 19.9 Å². The van der Waals surface area contributed by atoms with E-state index < -0.39 is 9.15 Å². The van der Waals surface area contributed by atoms with Gasteiger partial charge in [-0.3, -0.25) is 4.55 Å². The topological polar surface area (TPSA) is 54.4 Å². The van der Waals surface area contributed by atoms with Crippen molar-refractivity contribution in [3.8, 4) is 0 Å². The van der Waals surface area contributed by atoms with Gasteiger partial charge in [0.1, 0.15) is 0 Å². The highest BCUT2D eigenvalue weighted by molar-refractivity contribution is 8.70. The summed E-state index contributed by atoms with van der Waals surface area (Å²) >= 11 is 0. The van der Waals surface area contributed by atoms with Gasteiger partial charge in [0.2, 0.25) is 0 Å². The van der Waals surface area contributed by atoms with Crippen molar-refractivity contribution in [1.82, 2.24) is 0 Å². The predicted octanol–water partition coefficient (Wildman–Crippen LogP) is 1.71. The summed E-state index contributed by atoms with van der Waals surface area (Å²) in [6, 6.07) is 0. The van der Waals surface area contributed by atoms with Crippen LogP contribution >= 0.6 is 10.8 Å². The molecule has 0 aromatic carbocycles. The van der Waals surface area contributed by atoms with E-state index in [2.05, 4.69) is 0 Å². The van der Waals surface area contributed by atoms with Crippen molar-refractivity contribution in [2.45, 2.75) is 31.9 Å². The fourth-order valence-corrected chi connectivity index (χ4v) is 3.06. The van der Waals surface area contributed by atoms with Gasteiger partial charge in [-0.1, -0.05) is 13.8 Å². The van der Waals surface area contributed by atoms with Crippen LogP contribution in [0.25, 0.3) is 0 Å². The maximum absolute atomic E-state index is 10.3. The SMILES string of the molecule is CCC(CC)SS(=O)(=O)O. The van der Waals surface area contributed by atoms with Crippen LogP contribution in [0.3, 0.4) is 0 Å². The standard InChI is InChI=1S/C5H12O3S2/c1-3-5(4-2)9-10(6,7)8/h5H,3-4H2,1-2H3,(H,6,7,8). The monoisotopic (exact) mass is 184 g/mol. The fourth-order valence-electron chi connectivity index (χ4n) is 0.597. The molecule has 0 fully saturated rings. The highest BCUT2D eigenvalue weighted by Crippen LogP contribution is 2.22. The molecule has 0 aliphatic rings. The van der Waals surface area contributed by atoms with Crippen molar-refractivity contribution in [3.05, 3.63) is 0 Å². The maximum atomic E-state index is 10.3.